The van der Waals surface area contributed by atoms with Crippen LogP contribution in [0.2, 0.25) is 87.9 Å². The van der Waals surface area contributed by atoms with Gasteiger partial charge in [0.2, 0.25) is 0 Å². The standard InChI is InChI=1S/C32H54O2Si4/c1-33-27-19-15-25(16-20-27)29-30(26-17-21-28(34-2)22-18-26)32(37(9,10)11,38(12,13)14)24-23-31(29,35(3,4)5)36(6,7)8/h15-22H,23-24H2,1-14H3. The van der Waals surface area contributed by atoms with Gasteiger partial charge in [-0.2, -0.15) is 0 Å². The lowest BCUT2D eigenvalue weighted by molar-refractivity contribution is 0.414. The molecule has 0 atom stereocenters. The molecule has 1 aliphatic rings. The monoisotopic (exact) mass is 582 g/mol. The van der Waals surface area contributed by atoms with Crippen molar-refractivity contribution in [2.24, 2.45) is 0 Å². The van der Waals surface area contributed by atoms with E-state index in [1.165, 1.54) is 24.0 Å². The van der Waals surface area contributed by atoms with E-state index in [9.17, 15) is 0 Å². The Kier molecular flexibility index (Phi) is 8.40. The molecule has 2 aromatic carbocycles. The maximum atomic E-state index is 5.63. The Balaban J connectivity index is 2.71. The second kappa shape index (κ2) is 10.2. The molecule has 0 amide bonds. The first-order valence-corrected chi connectivity index (χ1v) is 28.3. The van der Waals surface area contributed by atoms with Crippen molar-refractivity contribution >= 4 is 43.4 Å². The molecule has 0 aromatic heterocycles. The Bertz CT molecular complexity index is 1030. The van der Waals surface area contributed by atoms with Crippen molar-refractivity contribution in [1.82, 2.24) is 0 Å². The second-order valence-electron chi connectivity index (χ2n) is 15.5. The smallest absolute Gasteiger partial charge is 0.118 e. The fourth-order valence-corrected chi connectivity index (χ4v) is 34.2. The quantitative estimate of drug-likeness (QED) is 0.288. The SMILES string of the molecule is COc1ccc(C2=C(c3ccc(OC)cc3)C([Si](C)(C)C)([Si](C)(C)C)CCC2([Si](C)(C)C)[Si](C)(C)C)cc1. The summed E-state index contributed by atoms with van der Waals surface area (Å²) in [6, 6.07) is 18.2. The van der Waals surface area contributed by atoms with Crippen molar-refractivity contribution in [3.63, 3.8) is 0 Å². The van der Waals surface area contributed by atoms with Gasteiger partial charge in [0.1, 0.15) is 11.5 Å². The second-order valence-corrected chi connectivity index (χ2v) is 37.9. The molecule has 210 valence electrons. The van der Waals surface area contributed by atoms with Crippen LogP contribution in [0.3, 0.4) is 0 Å². The van der Waals surface area contributed by atoms with Crippen molar-refractivity contribution in [1.29, 1.82) is 0 Å². The van der Waals surface area contributed by atoms with Gasteiger partial charge in [-0.05, 0) is 68.7 Å². The molecule has 0 unspecified atom stereocenters. The highest BCUT2D eigenvalue weighted by atomic mass is 28.4. The van der Waals surface area contributed by atoms with Crippen molar-refractivity contribution < 1.29 is 9.47 Å². The summed E-state index contributed by atoms with van der Waals surface area (Å²) in [5, 5.41) is 0. The van der Waals surface area contributed by atoms with Crippen molar-refractivity contribution in [3.8, 4) is 11.5 Å². The minimum absolute atomic E-state index is 0.257. The average molecular weight is 583 g/mol. The van der Waals surface area contributed by atoms with Crippen molar-refractivity contribution in [2.75, 3.05) is 14.2 Å². The number of ether oxygens (including phenoxy) is 2. The van der Waals surface area contributed by atoms with E-state index in [-0.39, 0.29) is 9.32 Å². The predicted octanol–water partition coefficient (Wildman–Crippen LogP) is 10.3. The van der Waals surface area contributed by atoms with Crippen molar-refractivity contribution in [2.45, 2.75) is 101 Å². The van der Waals surface area contributed by atoms with Crippen LogP contribution >= 0.6 is 0 Å². The van der Waals surface area contributed by atoms with Gasteiger partial charge in [0.25, 0.3) is 0 Å². The lowest BCUT2D eigenvalue weighted by Gasteiger charge is -2.65. The van der Waals surface area contributed by atoms with E-state index in [1.807, 2.05) is 0 Å². The van der Waals surface area contributed by atoms with E-state index in [2.05, 4.69) is 127 Å². The van der Waals surface area contributed by atoms with Gasteiger partial charge in [-0.15, -0.1) is 0 Å². The zero-order valence-electron chi connectivity index (χ0n) is 26.8. The third-order valence-corrected chi connectivity index (χ3v) is 31.1. The van der Waals surface area contributed by atoms with Crippen LogP contribution in [-0.4, -0.2) is 46.5 Å². The van der Waals surface area contributed by atoms with E-state index in [0.29, 0.717) is 0 Å². The summed E-state index contributed by atoms with van der Waals surface area (Å²) in [5.74, 6) is 1.87. The summed E-state index contributed by atoms with van der Waals surface area (Å²) >= 11 is 0. The lowest BCUT2D eigenvalue weighted by Crippen LogP contribution is -2.62. The van der Waals surface area contributed by atoms with Gasteiger partial charge in [0.15, 0.2) is 0 Å². The molecule has 0 aliphatic heterocycles. The molecule has 0 heterocycles. The minimum atomic E-state index is -1.70. The Morgan fingerprint density at radius 1 is 0.447 bits per heavy atom. The van der Waals surface area contributed by atoms with E-state index in [4.69, 9.17) is 9.47 Å². The number of allylic oxidation sites excluding steroid dienone is 2. The predicted molar refractivity (Wildman–Crippen MR) is 181 cm³/mol. The first kappa shape index (κ1) is 31.2. The fourth-order valence-electron chi connectivity index (χ4n) is 8.60. The van der Waals surface area contributed by atoms with Crippen LogP contribution in [0.15, 0.2) is 48.5 Å². The molecule has 0 saturated heterocycles. The Morgan fingerprint density at radius 2 is 0.684 bits per heavy atom. The zero-order chi connectivity index (χ0) is 28.9. The van der Waals surface area contributed by atoms with Crippen LogP contribution in [0.1, 0.15) is 24.0 Å². The summed E-state index contributed by atoms with van der Waals surface area (Å²) in [4.78, 5) is 0. The molecule has 0 bridgehead atoms. The third-order valence-electron chi connectivity index (χ3n) is 9.86. The largest absolute Gasteiger partial charge is 0.497 e. The maximum Gasteiger partial charge on any atom is 0.118 e. The van der Waals surface area contributed by atoms with Gasteiger partial charge in [-0.1, -0.05) is 103 Å². The normalized spacial score (nSPS) is 18.4. The molecule has 0 saturated carbocycles. The molecular weight excluding hydrogens is 529 g/mol. The van der Waals surface area contributed by atoms with Gasteiger partial charge in [0.05, 0.1) is 46.5 Å². The summed E-state index contributed by atoms with van der Waals surface area (Å²) in [6.07, 6.45) is 2.65. The first-order valence-electron chi connectivity index (χ1n) is 14.3. The number of benzene rings is 2. The molecule has 6 heteroatoms. The van der Waals surface area contributed by atoms with Gasteiger partial charge >= 0.3 is 0 Å². The van der Waals surface area contributed by atoms with E-state index in [0.717, 1.165) is 11.5 Å². The summed E-state index contributed by atoms with van der Waals surface area (Å²) in [5.41, 5.74) is 6.23. The van der Waals surface area contributed by atoms with Crippen LogP contribution in [0.5, 0.6) is 11.5 Å². The molecule has 2 nitrogen and oxygen atoms in total. The molecule has 0 radical (unpaired) electrons. The van der Waals surface area contributed by atoms with Crippen LogP contribution in [-0.2, 0) is 0 Å². The van der Waals surface area contributed by atoms with Gasteiger partial charge in [-0.25, -0.2) is 0 Å². The van der Waals surface area contributed by atoms with Gasteiger partial charge in [-0.3, -0.25) is 0 Å². The highest BCUT2D eigenvalue weighted by Gasteiger charge is 2.65. The average Bonchev–Trinajstić information content (AvgIpc) is 2.80. The molecule has 1 aliphatic carbocycles. The van der Waals surface area contributed by atoms with E-state index < -0.39 is 32.3 Å². The third kappa shape index (κ3) is 4.88. The molecule has 38 heavy (non-hydrogen) atoms. The lowest BCUT2D eigenvalue weighted by atomic mass is 9.81. The Labute approximate surface area is 238 Å². The Morgan fingerprint density at radius 3 is 0.868 bits per heavy atom. The summed E-state index contributed by atoms with van der Waals surface area (Å²) in [7, 11) is -3.27. The highest BCUT2D eigenvalue weighted by molar-refractivity contribution is 7.04. The van der Waals surface area contributed by atoms with E-state index in [1.54, 1.807) is 25.4 Å². The number of hydrogen-bond donors (Lipinski definition) is 0. The number of hydrogen-bond acceptors (Lipinski definition) is 2. The number of rotatable bonds is 8. The maximum absolute atomic E-state index is 5.63. The van der Waals surface area contributed by atoms with Crippen molar-refractivity contribution in [3.05, 3.63) is 59.7 Å². The first-order chi connectivity index (χ1) is 17.3. The van der Waals surface area contributed by atoms with Crippen LogP contribution in [0.25, 0.3) is 11.1 Å². The highest BCUT2D eigenvalue weighted by Crippen LogP contribution is 2.73. The molecule has 0 fully saturated rings. The van der Waals surface area contributed by atoms with Gasteiger partial charge < -0.3 is 9.47 Å². The fraction of sp³-hybridized carbons (Fsp3) is 0.562. The topological polar surface area (TPSA) is 18.5 Å². The molecular formula is C32H54O2Si4. The van der Waals surface area contributed by atoms with E-state index >= 15 is 0 Å². The zero-order valence-corrected chi connectivity index (χ0v) is 30.8. The molecule has 2 aromatic rings. The minimum Gasteiger partial charge on any atom is -0.497 e. The van der Waals surface area contributed by atoms with Crippen LogP contribution in [0, 0.1) is 0 Å². The summed E-state index contributed by atoms with van der Waals surface area (Å²) < 4.78 is 11.8. The summed E-state index contributed by atoms with van der Waals surface area (Å²) in [6.45, 7) is 31.8. The molecule has 0 N–H and O–H groups in total. The number of methoxy groups -OCH3 is 2. The van der Waals surface area contributed by atoms with Crippen LogP contribution < -0.4 is 9.47 Å². The van der Waals surface area contributed by atoms with Gasteiger partial charge in [0, 0.05) is 0 Å². The van der Waals surface area contributed by atoms with Crippen LogP contribution in [0.4, 0.5) is 0 Å². The Hall–Kier alpha value is -1.35. The molecule has 0 spiro atoms. The molecule has 3 rings (SSSR count).